The fourth-order valence-corrected chi connectivity index (χ4v) is 1.52. The average Bonchev–Trinajstić information content (AvgIpc) is 1.78. The Kier molecular flexibility index (Phi) is 4.88. The van der Waals surface area contributed by atoms with E-state index in [9.17, 15) is 0 Å². The molecule has 84 valence electrons. The second kappa shape index (κ2) is 4.98. The van der Waals surface area contributed by atoms with Crippen molar-refractivity contribution in [3.8, 4) is 0 Å². The summed E-state index contributed by atoms with van der Waals surface area (Å²) in [6, 6.07) is 0. The van der Waals surface area contributed by atoms with Crippen LogP contribution in [0.1, 0.15) is 27.7 Å². The topological polar surface area (TPSA) is 18.5 Å². The zero-order valence-corrected chi connectivity index (χ0v) is 11.6. The van der Waals surface area contributed by atoms with Gasteiger partial charge in [-0.25, -0.2) is 0 Å². The largest absolute Gasteiger partial charge is 0.493 e. The van der Waals surface area contributed by atoms with Gasteiger partial charge in [0.15, 0.2) is 8.32 Å². The van der Waals surface area contributed by atoms with E-state index >= 15 is 0 Å². The Bertz CT molecular complexity index is 196. The maximum Gasteiger partial charge on any atom is 0.184 e. The Labute approximate surface area is 89.4 Å². The van der Waals surface area contributed by atoms with Gasteiger partial charge in [0.25, 0.3) is 0 Å². The first-order valence-electron chi connectivity index (χ1n) is 5.10. The Balaban J connectivity index is 3.90. The first-order valence-corrected chi connectivity index (χ1v) is 8.51. The summed E-state index contributed by atoms with van der Waals surface area (Å²) < 4.78 is 11.3. The molecule has 0 saturated heterocycles. The number of ether oxygens (including phenoxy) is 1. The summed E-state index contributed by atoms with van der Waals surface area (Å²) in [7, 11) is -1.38. The molecule has 0 N–H and O–H groups in total. The molecule has 0 radical (unpaired) electrons. The second-order valence-corrected chi connectivity index (χ2v) is 9.97. The minimum absolute atomic E-state index is 0.111. The molecule has 0 unspecified atom stereocenters. The van der Waals surface area contributed by atoms with Gasteiger partial charge in [0.05, 0.1) is 12.4 Å². The number of hydrogen-bond acceptors (Lipinski definition) is 2. The van der Waals surface area contributed by atoms with Gasteiger partial charge in [0.2, 0.25) is 0 Å². The highest BCUT2D eigenvalue weighted by atomic mass is 28.4. The van der Waals surface area contributed by atoms with Gasteiger partial charge in [-0.05, 0) is 53.4 Å². The highest BCUT2D eigenvalue weighted by molar-refractivity contribution is 6.69. The maximum atomic E-state index is 5.70. The zero-order chi connectivity index (χ0) is 11.4. The van der Waals surface area contributed by atoms with Crippen LogP contribution in [0.15, 0.2) is 11.8 Å². The third-order valence-corrected chi connectivity index (χ3v) is 2.39. The van der Waals surface area contributed by atoms with Crippen molar-refractivity contribution in [2.75, 3.05) is 6.61 Å². The summed E-state index contributed by atoms with van der Waals surface area (Å²) in [6.07, 6.45) is 2.00. The molecule has 0 saturated carbocycles. The highest BCUT2D eigenvalue weighted by Gasteiger charge is 2.14. The van der Waals surface area contributed by atoms with Crippen LogP contribution in [0.4, 0.5) is 0 Å². The van der Waals surface area contributed by atoms with Crippen molar-refractivity contribution in [3.63, 3.8) is 0 Å². The van der Waals surface area contributed by atoms with Gasteiger partial charge >= 0.3 is 0 Å². The van der Waals surface area contributed by atoms with E-state index in [2.05, 4.69) is 19.6 Å². The lowest BCUT2D eigenvalue weighted by Crippen LogP contribution is -2.25. The first-order chi connectivity index (χ1) is 6.10. The van der Waals surface area contributed by atoms with Crippen LogP contribution in [0, 0.1) is 0 Å². The second-order valence-electron chi connectivity index (χ2n) is 5.45. The number of allylic oxidation sites excluding steroid dienone is 1. The summed E-state index contributed by atoms with van der Waals surface area (Å²) in [4.78, 5) is 0. The van der Waals surface area contributed by atoms with Crippen molar-refractivity contribution in [2.45, 2.75) is 52.9 Å². The molecule has 14 heavy (non-hydrogen) atoms. The van der Waals surface area contributed by atoms with E-state index in [0.29, 0.717) is 6.61 Å². The normalized spacial score (nSPS) is 14.4. The molecule has 3 heteroatoms. The van der Waals surface area contributed by atoms with E-state index < -0.39 is 8.32 Å². The third-order valence-electron chi connectivity index (χ3n) is 1.35. The molecule has 0 amide bonds. The van der Waals surface area contributed by atoms with Crippen molar-refractivity contribution in [1.82, 2.24) is 0 Å². The Morgan fingerprint density at radius 1 is 1.21 bits per heavy atom. The summed E-state index contributed by atoms with van der Waals surface area (Å²) in [5.41, 5.74) is -0.111. The molecule has 0 heterocycles. The summed E-state index contributed by atoms with van der Waals surface area (Å²) in [5, 5.41) is 0. The molecule has 0 aromatic heterocycles. The smallest absolute Gasteiger partial charge is 0.184 e. The van der Waals surface area contributed by atoms with E-state index in [-0.39, 0.29) is 5.60 Å². The van der Waals surface area contributed by atoms with Crippen LogP contribution in [-0.4, -0.2) is 20.5 Å². The Morgan fingerprint density at radius 2 is 1.71 bits per heavy atom. The molecule has 0 aliphatic rings. The molecular formula is C11H24O2Si. The van der Waals surface area contributed by atoms with E-state index in [0.717, 1.165) is 5.76 Å². The quantitative estimate of drug-likeness (QED) is 0.528. The van der Waals surface area contributed by atoms with Gasteiger partial charge in [-0.1, -0.05) is 0 Å². The first kappa shape index (κ1) is 13.7. The van der Waals surface area contributed by atoms with Crippen LogP contribution in [-0.2, 0) is 9.16 Å². The fourth-order valence-electron chi connectivity index (χ4n) is 0.934. The van der Waals surface area contributed by atoms with E-state index in [1.807, 2.05) is 33.8 Å². The SMILES string of the molecule is CC(=CCO[Si](C)(C)C)OC(C)(C)C. The predicted octanol–water partition coefficient (Wildman–Crippen LogP) is 3.56. The molecule has 0 aliphatic heterocycles. The van der Waals surface area contributed by atoms with Crippen molar-refractivity contribution < 1.29 is 9.16 Å². The predicted molar refractivity (Wildman–Crippen MR) is 63.9 cm³/mol. The molecule has 0 spiro atoms. The number of rotatable bonds is 4. The summed E-state index contributed by atoms with van der Waals surface area (Å²) in [6.45, 7) is 15.3. The molecule has 0 aliphatic carbocycles. The van der Waals surface area contributed by atoms with Gasteiger partial charge in [0.1, 0.15) is 5.60 Å². The molecule has 0 bridgehead atoms. The Morgan fingerprint density at radius 3 is 2.07 bits per heavy atom. The monoisotopic (exact) mass is 216 g/mol. The lowest BCUT2D eigenvalue weighted by molar-refractivity contribution is 0.0522. The van der Waals surface area contributed by atoms with Crippen molar-refractivity contribution in [3.05, 3.63) is 11.8 Å². The lowest BCUT2D eigenvalue weighted by atomic mass is 10.2. The zero-order valence-electron chi connectivity index (χ0n) is 10.6. The fraction of sp³-hybridized carbons (Fsp3) is 0.818. The highest BCUT2D eigenvalue weighted by Crippen LogP contribution is 2.13. The van der Waals surface area contributed by atoms with E-state index in [1.165, 1.54) is 0 Å². The van der Waals surface area contributed by atoms with Gasteiger partial charge in [-0.3, -0.25) is 0 Å². The van der Waals surface area contributed by atoms with Crippen LogP contribution >= 0.6 is 0 Å². The van der Waals surface area contributed by atoms with E-state index in [1.54, 1.807) is 0 Å². The van der Waals surface area contributed by atoms with Gasteiger partial charge < -0.3 is 9.16 Å². The van der Waals surface area contributed by atoms with Crippen LogP contribution < -0.4 is 0 Å². The maximum absolute atomic E-state index is 5.70. The third kappa shape index (κ3) is 9.80. The van der Waals surface area contributed by atoms with Crippen LogP contribution in [0.2, 0.25) is 19.6 Å². The van der Waals surface area contributed by atoms with Gasteiger partial charge in [0, 0.05) is 0 Å². The standard InChI is InChI=1S/C11H24O2Si/c1-10(13-11(2,3)4)8-9-12-14(5,6)7/h8H,9H2,1-7H3. The van der Waals surface area contributed by atoms with Gasteiger partial charge in [-0.15, -0.1) is 0 Å². The molecule has 0 aromatic rings. The van der Waals surface area contributed by atoms with Crippen molar-refractivity contribution >= 4 is 8.32 Å². The van der Waals surface area contributed by atoms with Gasteiger partial charge in [-0.2, -0.15) is 0 Å². The van der Waals surface area contributed by atoms with Crippen LogP contribution in [0.3, 0.4) is 0 Å². The summed E-state index contributed by atoms with van der Waals surface area (Å²) >= 11 is 0. The molecule has 0 aromatic carbocycles. The minimum atomic E-state index is -1.38. The minimum Gasteiger partial charge on any atom is -0.493 e. The van der Waals surface area contributed by atoms with Crippen LogP contribution in [0.25, 0.3) is 0 Å². The van der Waals surface area contributed by atoms with Crippen molar-refractivity contribution in [2.24, 2.45) is 0 Å². The van der Waals surface area contributed by atoms with Crippen LogP contribution in [0.5, 0.6) is 0 Å². The van der Waals surface area contributed by atoms with E-state index in [4.69, 9.17) is 9.16 Å². The molecular weight excluding hydrogens is 192 g/mol. The van der Waals surface area contributed by atoms with Crippen molar-refractivity contribution in [1.29, 1.82) is 0 Å². The molecule has 0 fully saturated rings. The average molecular weight is 216 g/mol. The molecule has 0 atom stereocenters. The number of hydrogen-bond donors (Lipinski definition) is 0. The molecule has 0 rings (SSSR count). The molecule has 2 nitrogen and oxygen atoms in total. The Hall–Kier alpha value is -0.283. The lowest BCUT2D eigenvalue weighted by Gasteiger charge is -2.22. The summed E-state index contributed by atoms with van der Waals surface area (Å²) in [5.74, 6) is 0.941.